The number of nitrogens with one attached hydrogen (secondary N) is 2. The number of ether oxygens (including phenoxy) is 2. The van der Waals surface area contributed by atoms with E-state index in [1.165, 1.54) is 0 Å². The van der Waals surface area contributed by atoms with E-state index in [0.29, 0.717) is 28.1 Å². The van der Waals surface area contributed by atoms with Gasteiger partial charge in [0.2, 0.25) is 5.91 Å². The van der Waals surface area contributed by atoms with Crippen LogP contribution >= 0.6 is 11.8 Å². The second-order valence-corrected chi connectivity index (χ2v) is 8.79. The second kappa shape index (κ2) is 10.1. The Kier molecular flexibility index (Phi) is 7.47. The average Bonchev–Trinajstić information content (AvgIpc) is 2.73. The molecule has 3 atom stereocenters. The van der Waals surface area contributed by atoms with E-state index in [9.17, 15) is 9.59 Å². The lowest BCUT2D eigenvalue weighted by molar-refractivity contribution is -0.127. The first-order chi connectivity index (χ1) is 14.0. The maximum absolute atomic E-state index is 12.7. The number of methoxy groups -OCH3 is 2. The molecule has 2 aliphatic rings. The summed E-state index contributed by atoms with van der Waals surface area (Å²) in [6.07, 6.45) is 6.46. The summed E-state index contributed by atoms with van der Waals surface area (Å²) in [6.45, 7) is 2.85. The Bertz CT molecular complexity index is 780. The molecule has 1 aliphatic heterocycles. The van der Waals surface area contributed by atoms with Gasteiger partial charge in [-0.1, -0.05) is 19.4 Å². The van der Waals surface area contributed by atoms with Crippen molar-refractivity contribution < 1.29 is 19.1 Å². The summed E-state index contributed by atoms with van der Waals surface area (Å²) in [7, 11) is 3.19. The highest BCUT2D eigenvalue weighted by atomic mass is 32.2. The van der Waals surface area contributed by atoms with Gasteiger partial charge >= 0.3 is 0 Å². The van der Waals surface area contributed by atoms with Crippen molar-refractivity contribution in [1.82, 2.24) is 10.6 Å². The van der Waals surface area contributed by atoms with Crippen LogP contribution in [0.25, 0.3) is 6.08 Å². The molecule has 1 aromatic carbocycles. The van der Waals surface area contributed by atoms with Crippen molar-refractivity contribution in [2.24, 2.45) is 5.92 Å². The predicted octanol–water partition coefficient (Wildman–Crippen LogP) is 3.36. The van der Waals surface area contributed by atoms with Gasteiger partial charge in [0.15, 0.2) is 11.5 Å². The van der Waals surface area contributed by atoms with Crippen LogP contribution in [-0.4, -0.2) is 43.9 Å². The van der Waals surface area contributed by atoms with Crippen molar-refractivity contribution in [3.05, 3.63) is 28.7 Å². The van der Waals surface area contributed by atoms with Gasteiger partial charge in [-0.3, -0.25) is 9.59 Å². The van der Waals surface area contributed by atoms with E-state index in [1.807, 2.05) is 24.3 Å². The molecule has 0 spiro atoms. The van der Waals surface area contributed by atoms with Gasteiger partial charge < -0.3 is 20.1 Å². The van der Waals surface area contributed by atoms with Crippen LogP contribution in [0.1, 0.15) is 44.6 Å². The number of hydrogen-bond donors (Lipinski definition) is 2. The largest absolute Gasteiger partial charge is 0.493 e. The van der Waals surface area contributed by atoms with Crippen molar-refractivity contribution in [1.29, 1.82) is 0 Å². The fourth-order valence-corrected chi connectivity index (χ4v) is 5.15. The molecule has 3 unspecified atom stereocenters. The summed E-state index contributed by atoms with van der Waals surface area (Å²) in [6, 6.07) is 5.66. The lowest BCUT2D eigenvalue weighted by Gasteiger charge is -2.39. The first kappa shape index (κ1) is 21.6. The fourth-order valence-electron chi connectivity index (χ4n) is 3.86. The Labute approximate surface area is 176 Å². The van der Waals surface area contributed by atoms with Gasteiger partial charge in [0, 0.05) is 23.8 Å². The molecule has 1 aliphatic carbocycles. The van der Waals surface area contributed by atoms with Crippen molar-refractivity contribution >= 4 is 29.7 Å². The Hall–Kier alpha value is -2.15. The second-order valence-electron chi connectivity index (χ2n) is 7.51. The van der Waals surface area contributed by atoms with Crippen LogP contribution in [0.4, 0.5) is 0 Å². The number of unbranched alkanes of at least 4 members (excludes halogenated alkanes) is 1. The number of thioether (sulfide) groups is 1. The Balaban J connectivity index is 1.64. The minimum atomic E-state index is -0.0712. The van der Waals surface area contributed by atoms with Crippen molar-refractivity contribution in [2.75, 3.05) is 20.8 Å². The highest BCUT2D eigenvalue weighted by molar-refractivity contribution is 8.04. The van der Waals surface area contributed by atoms with Crippen LogP contribution in [0.15, 0.2) is 23.1 Å². The Morgan fingerprint density at radius 2 is 2.07 bits per heavy atom. The fraction of sp³-hybridized carbons (Fsp3) is 0.545. The van der Waals surface area contributed by atoms with E-state index in [4.69, 9.17) is 9.47 Å². The standard InChI is InChI=1S/C22H30N2O4S/c1-4-5-10-23-21(25)15-7-9-19-16(13-15)24-22(26)20(29-19)12-14-6-8-17(27-2)18(11-14)28-3/h6,8,11-12,15-16,19H,4-5,7,9-10,13H2,1-3H3,(H,23,25)(H,24,26)/b20-12+. The van der Waals surface area contributed by atoms with E-state index < -0.39 is 0 Å². The summed E-state index contributed by atoms with van der Waals surface area (Å²) >= 11 is 1.62. The summed E-state index contributed by atoms with van der Waals surface area (Å²) in [5.74, 6) is 1.34. The molecular formula is C22H30N2O4S. The molecule has 7 heteroatoms. The zero-order chi connectivity index (χ0) is 20.8. The lowest BCUT2D eigenvalue weighted by Crippen LogP contribution is -2.51. The maximum Gasteiger partial charge on any atom is 0.257 e. The van der Waals surface area contributed by atoms with Gasteiger partial charge in [-0.2, -0.15) is 0 Å². The van der Waals surface area contributed by atoms with Crippen LogP contribution < -0.4 is 20.1 Å². The molecule has 0 aromatic heterocycles. The minimum absolute atomic E-state index is 0.00890. The van der Waals surface area contributed by atoms with Gasteiger partial charge in [0.25, 0.3) is 5.91 Å². The summed E-state index contributed by atoms with van der Waals surface area (Å²) in [5, 5.41) is 6.46. The molecular weight excluding hydrogens is 388 g/mol. The van der Waals surface area contributed by atoms with Gasteiger partial charge in [-0.25, -0.2) is 0 Å². The van der Waals surface area contributed by atoms with E-state index in [1.54, 1.807) is 26.0 Å². The van der Waals surface area contributed by atoms with Gasteiger partial charge in [-0.05, 0) is 49.5 Å². The topological polar surface area (TPSA) is 76.7 Å². The number of carbonyl (C=O) groups is 2. The highest BCUT2D eigenvalue weighted by Crippen LogP contribution is 2.40. The molecule has 0 radical (unpaired) electrons. The molecule has 2 N–H and O–H groups in total. The van der Waals surface area contributed by atoms with Crippen LogP contribution in [0.5, 0.6) is 11.5 Å². The van der Waals surface area contributed by atoms with Crippen molar-refractivity contribution in [3.63, 3.8) is 0 Å². The Morgan fingerprint density at radius 1 is 1.28 bits per heavy atom. The monoisotopic (exact) mass is 418 g/mol. The maximum atomic E-state index is 12.7. The van der Waals surface area contributed by atoms with Gasteiger partial charge in [0.1, 0.15) is 0 Å². The minimum Gasteiger partial charge on any atom is -0.493 e. The number of amides is 2. The van der Waals surface area contributed by atoms with E-state index in [0.717, 1.165) is 37.8 Å². The molecule has 1 saturated heterocycles. The number of fused-ring (bicyclic) bond motifs is 1. The molecule has 2 amide bonds. The zero-order valence-corrected chi connectivity index (χ0v) is 18.1. The molecule has 158 valence electrons. The molecule has 3 rings (SSSR count). The van der Waals surface area contributed by atoms with Crippen LogP contribution in [0, 0.1) is 5.92 Å². The molecule has 29 heavy (non-hydrogen) atoms. The average molecular weight is 419 g/mol. The molecule has 6 nitrogen and oxygen atoms in total. The number of benzene rings is 1. The Morgan fingerprint density at radius 3 is 2.79 bits per heavy atom. The number of rotatable bonds is 7. The molecule has 1 heterocycles. The molecule has 1 aromatic rings. The van der Waals surface area contributed by atoms with Gasteiger partial charge in [0.05, 0.1) is 19.1 Å². The quantitative estimate of drug-likeness (QED) is 0.525. The highest BCUT2D eigenvalue weighted by Gasteiger charge is 2.39. The van der Waals surface area contributed by atoms with Gasteiger partial charge in [-0.15, -0.1) is 11.8 Å². The third kappa shape index (κ3) is 5.26. The van der Waals surface area contributed by atoms with Crippen LogP contribution in [-0.2, 0) is 9.59 Å². The SMILES string of the molecule is CCCCNC(=O)C1CCC2S/C(=C/c3ccc(OC)c(OC)c3)C(=O)NC2C1. The molecule has 2 fully saturated rings. The molecule has 1 saturated carbocycles. The third-order valence-electron chi connectivity index (χ3n) is 5.51. The predicted molar refractivity (Wildman–Crippen MR) is 116 cm³/mol. The smallest absolute Gasteiger partial charge is 0.257 e. The number of hydrogen-bond acceptors (Lipinski definition) is 5. The number of carbonyl (C=O) groups excluding carboxylic acids is 2. The normalized spacial score (nSPS) is 25.1. The van der Waals surface area contributed by atoms with Crippen molar-refractivity contribution in [2.45, 2.75) is 50.3 Å². The first-order valence-corrected chi connectivity index (χ1v) is 11.1. The summed E-state index contributed by atoms with van der Waals surface area (Å²) in [4.78, 5) is 25.7. The van der Waals surface area contributed by atoms with Crippen molar-refractivity contribution in [3.8, 4) is 11.5 Å². The summed E-state index contributed by atoms with van der Waals surface area (Å²) in [5.41, 5.74) is 0.891. The van der Waals surface area contributed by atoms with Crippen LogP contribution in [0.3, 0.4) is 0 Å². The van der Waals surface area contributed by atoms with E-state index in [-0.39, 0.29) is 23.8 Å². The third-order valence-corrected chi connectivity index (χ3v) is 6.94. The molecule has 0 bridgehead atoms. The van der Waals surface area contributed by atoms with E-state index in [2.05, 4.69) is 17.6 Å². The summed E-state index contributed by atoms with van der Waals surface area (Å²) < 4.78 is 10.6. The van der Waals surface area contributed by atoms with Crippen LogP contribution in [0.2, 0.25) is 0 Å². The lowest BCUT2D eigenvalue weighted by atomic mass is 9.84. The first-order valence-electron chi connectivity index (χ1n) is 10.2. The van der Waals surface area contributed by atoms with E-state index >= 15 is 0 Å². The zero-order valence-electron chi connectivity index (χ0n) is 17.3.